The summed E-state index contributed by atoms with van der Waals surface area (Å²) in [5.74, 6) is 1.82. The highest BCUT2D eigenvalue weighted by atomic mass is 35.5. The maximum absolute atomic E-state index is 13.7. The van der Waals surface area contributed by atoms with E-state index in [1.807, 2.05) is 30.7 Å². The molecule has 4 aromatic rings. The van der Waals surface area contributed by atoms with Crippen molar-refractivity contribution in [3.05, 3.63) is 74.6 Å². The molecule has 4 heterocycles. The number of nitrogens with zero attached hydrogens (tertiary/aromatic N) is 6. The van der Waals surface area contributed by atoms with Crippen LogP contribution in [0.3, 0.4) is 0 Å². The molecule has 1 amide bonds. The van der Waals surface area contributed by atoms with Crippen LogP contribution < -0.4 is 20.5 Å². The Morgan fingerprint density at radius 2 is 1.86 bits per heavy atom. The van der Waals surface area contributed by atoms with Crippen molar-refractivity contribution in [3.63, 3.8) is 0 Å². The van der Waals surface area contributed by atoms with Crippen LogP contribution in [-0.4, -0.2) is 49.6 Å². The lowest BCUT2D eigenvalue weighted by Crippen LogP contribution is -2.32. The van der Waals surface area contributed by atoms with Gasteiger partial charge in [-0.05, 0) is 69.4 Å². The molecule has 1 aliphatic heterocycles. The summed E-state index contributed by atoms with van der Waals surface area (Å²) < 4.78 is 6.40. The van der Waals surface area contributed by atoms with Crippen LogP contribution in [0.25, 0.3) is 10.9 Å². The molecular weight excluding hydrogens is 572 g/mol. The van der Waals surface area contributed by atoms with Crippen molar-refractivity contribution in [2.24, 2.45) is 18.9 Å². The predicted octanol–water partition coefficient (Wildman–Crippen LogP) is 5.10. The molecule has 1 aliphatic carbocycles. The number of rotatable bonds is 8. The zero-order valence-electron chi connectivity index (χ0n) is 24.6. The van der Waals surface area contributed by atoms with Gasteiger partial charge in [-0.3, -0.25) is 23.6 Å². The number of amides is 1. The van der Waals surface area contributed by atoms with Crippen molar-refractivity contribution in [2.75, 3.05) is 29.6 Å². The zero-order valence-corrected chi connectivity index (χ0v) is 26.1. The molecule has 0 bridgehead atoms. The number of aryl methyl sites for hydroxylation is 1. The molecule has 0 spiro atoms. The molecule has 2 fully saturated rings. The molecule has 2 aliphatic rings. The predicted molar refractivity (Wildman–Crippen MR) is 169 cm³/mol. The Morgan fingerprint density at radius 3 is 2.52 bits per heavy atom. The summed E-state index contributed by atoms with van der Waals surface area (Å²) in [4.78, 5) is 38.0. The van der Waals surface area contributed by atoms with Crippen molar-refractivity contribution in [2.45, 2.75) is 45.7 Å². The van der Waals surface area contributed by atoms with Gasteiger partial charge in [-0.2, -0.15) is 5.10 Å². The summed E-state index contributed by atoms with van der Waals surface area (Å²) in [7, 11) is 1.80. The minimum absolute atomic E-state index is 0.0758. The number of pyridine rings is 1. The monoisotopic (exact) mass is 606 g/mol. The molecule has 3 unspecified atom stereocenters. The highest BCUT2D eigenvalue weighted by Crippen LogP contribution is 2.58. The summed E-state index contributed by atoms with van der Waals surface area (Å²) in [5, 5.41) is 9.04. The molecule has 1 aromatic carbocycles. The zero-order chi connectivity index (χ0) is 29.9. The molecule has 3 aromatic heterocycles. The van der Waals surface area contributed by atoms with Crippen molar-refractivity contribution in [1.29, 1.82) is 0 Å². The van der Waals surface area contributed by atoms with E-state index < -0.39 is 0 Å². The van der Waals surface area contributed by atoms with Crippen LogP contribution in [0.4, 0.5) is 11.6 Å². The molecule has 220 valence electrons. The summed E-state index contributed by atoms with van der Waals surface area (Å²) in [6, 6.07) is 9.54. The SMILES string of the molecule is CSNC(=O)c1nc(Cl)ccc1NC(C)c1cc(C)cc2c(=O)n(C)c(N3CC4C(C3)C4c3ccn(C(C)C)n3)nc12. The van der Waals surface area contributed by atoms with Gasteiger partial charge in [0, 0.05) is 50.1 Å². The normalized spacial score (nSPS) is 20.2. The van der Waals surface area contributed by atoms with Gasteiger partial charge in [0.25, 0.3) is 11.5 Å². The molecule has 2 N–H and O–H groups in total. The topological polar surface area (TPSA) is 110 Å². The Balaban J connectivity index is 1.31. The summed E-state index contributed by atoms with van der Waals surface area (Å²) in [6.45, 7) is 9.92. The van der Waals surface area contributed by atoms with Gasteiger partial charge in [-0.25, -0.2) is 9.97 Å². The largest absolute Gasteiger partial charge is 0.377 e. The number of aromatic nitrogens is 5. The van der Waals surface area contributed by atoms with Gasteiger partial charge in [0.1, 0.15) is 5.15 Å². The number of benzene rings is 1. The van der Waals surface area contributed by atoms with Gasteiger partial charge in [-0.15, -0.1) is 0 Å². The lowest BCUT2D eigenvalue weighted by molar-refractivity contribution is 0.0980. The lowest BCUT2D eigenvalue weighted by Gasteiger charge is -2.25. The van der Waals surface area contributed by atoms with E-state index in [-0.39, 0.29) is 28.4 Å². The van der Waals surface area contributed by atoms with E-state index in [0.717, 1.165) is 24.2 Å². The van der Waals surface area contributed by atoms with Crippen molar-refractivity contribution in [3.8, 4) is 0 Å². The van der Waals surface area contributed by atoms with Gasteiger partial charge in [0.15, 0.2) is 5.69 Å². The number of fused-ring (bicyclic) bond motifs is 2. The number of piperidine rings is 1. The fraction of sp³-hybridized carbons (Fsp3) is 0.433. The molecule has 42 heavy (non-hydrogen) atoms. The third-order valence-electron chi connectivity index (χ3n) is 8.42. The smallest absolute Gasteiger partial charge is 0.281 e. The lowest BCUT2D eigenvalue weighted by atomic mass is 10.0. The maximum atomic E-state index is 13.7. The molecule has 6 rings (SSSR count). The number of carbonyl (C=O) groups is 1. The second-order valence-corrected chi connectivity index (χ2v) is 12.6. The molecule has 3 atom stereocenters. The second-order valence-electron chi connectivity index (χ2n) is 11.6. The number of hydrogen-bond donors (Lipinski definition) is 2. The van der Waals surface area contributed by atoms with Crippen molar-refractivity contribution >= 4 is 52.0 Å². The Bertz CT molecular complexity index is 1740. The summed E-state index contributed by atoms with van der Waals surface area (Å²) >= 11 is 7.31. The number of nitrogens with one attached hydrogen (secondary N) is 2. The summed E-state index contributed by atoms with van der Waals surface area (Å²) in [6.07, 6.45) is 3.84. The first-order valence-corrected chi connectivity index (χ1v) is 15.7. The van der Waals surface area contributed by atoms with Crippen LogP contribution in [0.5, 0.6) is 0 Å². The number of halogens is 1. The number of carbonyl (C=O) groups excluding carboxylic acids is 1. The van der Waals surface area contributed by atoms with E-state index >= 15 is 0 Å². The Labute approximate surface area is 254 Å². The van der Waals surface area contributed by atoms with Gasteiger partial charge in [-0.1, -0.05) is 29.6 Å². The van der Waals surface area contributed by atoms with Crippen molar-refractivity contribution in [1.82, 2.24) is 29.0 Å². The van der Waals surface area contributed by atoms with Gasteiger partial charge in [0.05, 0.1) is 28.3 Å². The average Bonchev–Trinajstić information content (AvgIpc) is 3.29. The molecule has 12 heteroatoms. The molecular formula is C30H35ClN8O2S. The van der Waals surface area contributed by atoms with Gasteiger partial charge >= 0.3 is 0 Å². The fourth-order valence-electron chi connectivity index (χ4n) is 6.28. The Hall–Kier alpha value is -3.57. The van der Waals surface area contributed by atoms with Crippen LogP contribution in [0.15, 0.2) is 41.3 Å². The van der Waals surface area contributed by atoms with Crippen LogP contribution >= 0.6 is 23.5 Å². The highest BCUT2D eigenvalue weighted by Gasteiger charge is 2.58. The molecule has 10 nitrogen and oxygen atoms in total. The second kappa shape index (κ2) is 10.9. The van der Waals surface area contributed by atoms with E-state index in [1.54, 1.807) is 30.0 Å². The van der Waals surface area contributed by atoms with Gasteiger partial charge in [0.2, 0.25) is 5.95 Å². The first-order chi connectivity index (χ1) is 20.1. The molecule has 0 radical (unpaired) electrons. The first kappa shape index (κ1) is 28.5. The quantitative estimate of drug-likeness (QED) is 0.211. The van der Waals surface area contributed by atoms with E-state index in [2.05, 4.69) is 46.0 Å². The van der Waals surface area contributed by atoms with Gasteiger partial charge < -0.3 is 10.2 Å². The van der Waals surface area contributed by atoms with E-state index in [4.69, 9.17) is 21.7 Å². The first-order valence-electron chi connectivity index (χ1n) is 14.1. The Kier molecular flexibility index (Phi) is 7.43. The van der Waals surface area contributed by atoms with E-state index in [1.165, 1.54) is 17.6 Å². The third-order valence-corrected chi connectivity index (χ3v) is 9.02. The van der Waals surface area contributed by atoms with Crippen molar-refractivity contribution < 1.29 is 4.79 Å². The minimum Gasteiger partial charge on any atom is -0.377 e. The van der Waals surface area contributed by atoms with Crippen LogP contribution in [0.1, 0.15) is 66.1 Å². The van der Waals surface area contributed by atoms with E-state index in [9.17, 15) is 9.59 Å². The fourth-order valence-corrected chi connectivity index (χ4v) is 6.71. The molecule has 1 saturated heterocycles. The standard InChI is InChI=1S/C30H35ClN8O2S/c1-15(2)39-10-9-22(35-39)25-20-13-38(14-21(20)25)30-34-26-18(11-16(3)12-19(26)29(41)37(30)5)17(4)32-23-7-8-24(31)33-27(23)28(40)36-42-6/h7-12,15,17,20-21,25,32H,13-14H2,1-6H3,(H,36,40). The average molecular weight is 607 g/mol. The summed E-state index contributed by atoms with van der Waals surface area (Å²) in [5.41, 5.74) is 4.32. The van der Waals surface area contributed by atoms with Crippen LogP contribution in [0.2, 0.25) is 5.15 Å². The Morgan fingerprint density at radius 1 is 1.12 bits per heavy atom. The van der Waals surface area contributed by atoms with E-state index in [0.29, 0.717) is 46.3 Å². The maximum Gasteiger partial charge on any atom is 0.281 e. The van der Waals surface area contributed by atoms with Crippen LogP contribution in [0, 0.1) is 18.8 Å². The van der Waals surface area contributed by atoms with Crippen LogP contribution in [-0.2, 0) is 7.05 Å². The molecule has 1 saturated carbocycles. The highest BCUT2D eigenvalue weighted by molar-refractivity contribution is 7.97. The number of hydrogen-bond acceptors (Lipinski definition) is 8. The third kappa shape index (κ3) is 5.02. The minimum atomic E-state index is -0.343. The number of anilines is 2.